The molecule has 1 aromatic heterocycles. The van der Waals surface area contributed by atoms with E-state index in [1.54, 1.807) is 6.07 Å². The molecule has 4 N–H and O–H groups in total. The van der Waals surface area contributed by atoms with Crippen molar-refractivity contribution in [3.05, 3.63) is 53.5 Å². The maximum Gasteiger partial charge on any atom is 0.254 e. The summed E-state index contributed by atoms with van der Waals surface area (Å²) in [6.07, 6.45) is 1.87. The van der Waals surface area contributed by atoms with Gasteiger partial charge in [0.05, 0.1) is 12.1 Å². The van der Waals surface area contributed by atoms with Crippen LogP contribution in [0.3, 0.4) is 0 Å². The molecule has 0 unspecified atom stereocenters. The maximum atomic E-state index is 12.0. The van der Waals surface area contributed by atoms with E-state index in [0.717, 1.165) is 11.3 Å². The zero-order valence-corrected chi connectivity index (χ0v) is 15.2. The highest BCUT2D eigenvalue weighted by Crippen LogP contribution is 2.13. The van der Waals surface area contributed by atoms with Crippen LogP contribution in [0.5, 0.6) is 0 Å². The second-order valence-corrected chi connectivity index (χ2v) is 6.04. The molecule has 7 heteroatoms. The van der Waals surface area contributed by atoms with Crippen LogP contribution in [-0.4, -0.2) is 11.8 Å². The molecule has 0 aliphatic carbocycles. The summed E-state index contributed by atoms with van der Waals surface area (Å²) < 4.78 is 5.15. The van der Waals surface area contributed by atoms with Gasteiger partial charge in [0.15, 0.2) is 0 Å². The van der Waals surface area contributed by atoms with Gasteiger partial charge in [0.25, 0.3) is 5.91 Å². The summed E-state index contributed by atoms with van der Waals surface area (Å²) in [7, 11) is 0. The van der Waals surface area contributed by atoms with Crippen molar-refractivity contribution in [2.45, 2.75) is 33.4 Å². The second-order valence-electron chi connectivity index (χ2n) is 6.04. The Morgan fingerprint density at radius 1 is 1.24 bits per heavy atom. The van der Waals surface area contributed by atoms with Gasteiger partial charge in [-0.05, 0) is 29.7 Å². The van der Waals surface area contributed by atoms with E-state index in [1.165, 1.54) is 6.26 Å². The van der Waals surface area contributed by atoms with Crippen LogP contribution >= 0.6 is 12.4 Å². The van der Waals surface area contributed by atoms with Gasteiger partial charge in [-0.15, -0.1) is 12.4 Å². The zero-order chi connectivity index (χ0) is 17.5. The van der Waals surface area contributed by atoms with E-state index in [-0.39, 0.29) is 30.8 Å². The van der Waals surface area contributed by atoms with Gasteiger partial charge >= 0.3 is 0 Å². The summed E-state index contributed by atoms with van der Waals surface area (Å²) in [6, 6.07) is 9.03. The lowest BCUT2D eigenvalue weighted by atomic mass is 10.1. The van der Waals surface area contributed by atoms with Crippen LogP contribution in [0.15, 0.2) is 41.0 Å². The summed E-state index contributed by atoms with van der Waals surface area (Å²) in [5, 5.41) is 5.68. The molecule has 1 heterocycles. The largest absolute Gasteiger partial charge is 0.467 e. The molecule has 25 heavy (non-hydrogen) atoms. The number of hydrogen-bond acceptors (Lipinski definition) is 4. The van der Waals surface area contributed by atoms with Crippen LogP contribution in [0.4, 0.5) is 5.69 Å². The predicted molar refractivity (Wildman–Crippen MR) is 99.5 cm³/mol. The lowest BCUT2D eigenvalue weighted by Crippen LogP contribution is -2.22. The van der Waals surface area contributed by atoms with Gasteiger partial charge in [-0.2, -0.15) is 0 Å². The molecule has 0 bridgehead atoms. The van der Waals surface area contributed by atoms with E-state index in [0.29, 0.717) is 30.2 Å². The number of hydrogen-bond donors (Lipinski definition) is 3. The van der Waals surface area contributed by atoms with Gasteiger partial charge in [0.2, 0.25) is 5.91 Å². The fourth-order valence-corrected chi connectivity index (χ4v) is 2.23. The van der Waals surface area contributed by atoms with Crippen molar-refractivity contribution in [3.63, 3.8) is 0 Å². The van der Waals surface area contributed by atoms with Gasteiger partial charge in [0, 0.05) is 18.7 Å². The third kappa shape index (κ3) is 6.60. The van der Waals surface area contributed by atoms with Gasteiger partial charge in [-0.1, -0.05) is 26.0 Å². The first-order chi connectivity index (χ1) is 11.5. The third-order valence-corrected chi connectivity index (χ3v) is 3.37. The fourth-order valence-electron chi connectivity index (χ4n) is 2.23. The van der Waals surface area contributed by atoms with Crippen molar-refractivity contribution in [2.75, 3.05) is 5.32 Å². The molecule has 0 aliphatic rings. The van der Waals surface area contributed by atoms with Crippen molar-refractivity contribution in [1.29, 1.82) is 0 Å². The highest BCUT2D eigenvalue weighted by molar-refractivity contribution is 5.94. The zero-order valence-electron chi connectivity index (χ0n) is 14.4. The van der Waals surface area contributed by atoms with Gasteiger partial charge in [0.1, 0.15) is 12.0 Å². The monoisotopic (exact) mass is 365 g/mol. The van der Waals surface area contributed by atoms with Crippen LogP contribution in [0.2, 0.25) is 0 Å². The average Bonchev–Trinajstić information content (AvgIpc) is 3.01. The number of amides is 2. The molecule has 2 amide bonds. The number of rotatable bonds is 7. The number of anilines is 1. The first-order valence-electron chi connectivity index (χ1n) is 7.92. The summed E-state index contributed by atoms with van der Waals surface area (Å²) in [5.41, 5.74) is 7.52. The minimum Gasteiger partial charge on any atom is -0.467 e. The van der Waals surface area contributed by atoms with Crippen molar-refractivity contribution < 1.29 is 14.0 Å². The fraction of sp³-hybridized carbons (Fsp3) is 0.333. The lowest BCUT2D eigenvalue weighted by Gasteiger charge is -2.09. The number of nitrogens with one attached hydrogen (secondary N) is 2. The van der Waals surface area contributed by atoms with Crippen molar-refractivity contribution >= 4 is 29.9 Å². The van der Waals surface area contributed by atoms with E-state index < -0.39 is 0 Å². The average molecular weight is 366 g/mol. The molecule has 136 valence electrons. The number of furan rings is 1. The second kappa shape index (κ2) is 9.86. The standard InChI is InChI=1S/C18H23N3O3.ClH/c1-12(2)6-17(22)21-15-5-3-4-13(7-15)10-20-18(23)14-8-16(9-19)24-11-14;/h3-5,7-8,11-12H,6,9-10,19H2,1-2H3,(H,20,23)(H,21,22);1H. The molecule has 1 aromatic carbocycles. The van der Waals surface area contributed by atoms with E-state index in [4.69, 9.17) is 10.2 Å². The molecule has 0 atom stereocenters. The van der Waals surface area contributed by atoms with Crippen LogP contribution < -0.4 is 16.4 Å². The smallest absolute Gasteiger partial charge is 0.254 e. The van der Waals surface area contributed by atoms with E-state index in [2.05, 4.69) is 10.6 Å². The van der Waals surface area contributed by atoms with Crippen LogP contribution in [0.1, 0.15) is 41.9 Å². The van der Waals surface area contributed by atoms with Crippen molar-refractivity contribution in [1.82, 2.24) is 5.32 Å². The van der Waals surface area contributed by atoms with Gasteiger partial charge < -0.3 is 20.8 Å². The highest BCUT2D eigenvalue weighted by atomic mass is 35.5. The van der Waals surface area contributed by atoms with Crippen LogP contribution in [0, 0.1) is 5.92 Å². The molecule has 0 spiro atoms. The Hall–Kier alpha value is -2.31. The minimum absolute atomic E-state index is 0. The number of nitrogens with two attached hydrogens (primary N) is 1. The molecule has 0 radical (unpaired) electrons. The highest BCUT2D eigenvalue weighted by Gasteiger charge is 2.10. The normalized spacial score (nSPS) is 10.2. The molecule has 2 rings (SSSR count). The molecular weight excluding hydrogens is 342 g/mol. The summed E-state index contributed by atoms with van der Waals surface area (Å²) in [6.45, 7) is 4.61. The molecule has 0 saturated heterocycles. The van der Waals surface area contributed by atoms with Crippen molar-refractivity contribution in [3.8, 4) is 0 Å². The third-order valence-electron chi connectivity index (χ3n) is 3.37. The predicted octanol–water partition coefficient (Wildman–Crippen LogP) is 3.07. The molecule has 2 aromatic rings. The Morgan fingerprint density at radius 2 is 2.00 bits per heavy atom. The Morgan fingerprint density at radius 3 is 2.64 bits per heavy atom. The first-order valence-corrected chi connectivity index (χ1v) is 7.92. The Kier molecular flexibility index (Phi) is 8.18. The first kappa shape index (κ1) is 20.7. The maximum absolute atomic E-state index is 12.0. The number of halogens is 1. The quantitative estimate of drug-likeness (QED) is 0.702. The number of benzene rings is 1. The van der Waals surface area contributed by atoms with Crippen LogP contribution in [0.25, 0.3) is 0 Å². The van der Waals surface area contributed by atoms with E-state index in [9.17, 15) is 9.59 Å². The topological polar surface area (TPSA) is 97.4 Å². The lowest BCUT2D eigenvalue weighted by molar-refractivity contribution is -0.116. The van der Waals surface area contributed by atoms with E-state index in [1.807, 2.05) is 38.1 Å². The van der Waals surface area contributed by atoms with Gasteiger partial charge in [-0.3, -0.25) is 9.59 Å². The van der Waals surface area contributed by atoms with Gasteiger partial charge in [-0.25, -0.2) is 0 Å². The number of carbonyl (C=O) groups is 2. The SMILES string of the molecule is CC(C)CC(=O)Nc1cccc(CNC(=O)c2coc(CN)c2)c1.Cl. The minimum atomic E-state index is -0.229. The van der Waals surface area contributed by atoms with Crippen LogP contribution in [-0.2, 0) is 17.9 Å². The molecule has 0 aliphatic heterocycles. The summed E-state index contributed by atoms with van der Waals surface area (Å²) in [5.74, 6) is 0.627. The molecule has 0 saturated carbocycles. The Labute approximate surface area is 153 Å². The summed E-state index contributed by atoms with van der Waals surface area (Å²) >= 11 is 0. The molecule has 6 nitrogen and oxygen atoms in total. The Bertz CT molecular complexity index is 713. The molecule has 0 fully saturated rings. The van der Waals surface area contributed by atoms with Crippen molar-refractivity contribution in [2.24, 2.45) is 11.7 Å². The summed E-state index contributed by atoms with van der Waals surface area (Å²) in [4.78, 5) is 23.9. The Balaban J connectivity index is 0.00000312. The number of carbonyl (C=O) groups excluding carboxylic acids is 2. The molecular formula is C18H24ClN3O3. The van der Waals surface area contributed by atoms with E-state index >= 15 is 0 Å².